The number of amides is 1. The standard InChI is InChI=1S/C17H14ClFN2O3S3/c18-12-6-10(3-4-13(12)19)21-14-8-27(23,24)9-15(14)26-17(21)20-16(22)7-11-2-1-5-25-11/h1-6,14-15H,7-9H2/t14-,15-/m0/s1. The Morgan fingerprint density at radius 2 is 2.15 bits per heavy atom. The molecule has 2 atom stereocenters. The van der Waals surface area contributed by atoms with Gasteiger partial charge in [0.2, 0.25) is 0 Å². The molecule has 4 rings (SSSR count). The van der Waals surface area contributed by atoms with Crippen molar-refractivity contribution < 1.29 is 17.6 Å². The molecule has 2 aliphatic rings. The highest BCUT2D eigenvalue weighted by Gasteiger charge is 2.49. The number of sulfone groups is 1. The Kier molecular flexibility index (Phi) is 5.04. The van der Waals surface area contributed by atoms with Crippen molar-refractivity contribution in [1.29, 1.82) is 0 Å². The van der Waals surface area contributed by atoms with Gasteiger partial charge in [0.25, 0.3) is 5.91 Å². The smallest absolute Gasteiger partial charge is 0.253 e. The van der Waals surface area contributed by atoms with Crippen LogP contribution in [-0.4, -0.2) is 42.3 Å². The lowest BCUT2D eigenvalue weighted by Crippen LogP contribution is -2.37. The van der Waals surface area contributed by atoms with Crippen LogP contribution in [0.5, 0.6) is 0 Å². The number of hydrogen-bond donors (Lipinski definition) is 0. The van der Waals surface area contributed by atoms with Gasteiger partial charge in [-0.2, -0.15) is 4.99 Å². The quantitative estimate of drug-likeness (QED) is 0.726. The van der Waals surface area contributed by atoms with Crippen molar-refractivity contribution in [2.24, 2.45) is 4.99 Å². The Morgan fingerprint density at radius 3 is 2.85 bits per heavy atom. The molecule has 0 bridgehead atoms. The summed E-state index contributed by atoms with van der Waals surface area (Å²) in [5, 5.41) is 2.05. The number of rotatable bonds is 3. The van der Waals surface area contributed by atoms with Crippen LogP contribution >= 0.6 is 34.7 Å². The lowest BCUT2D eigenvalue weighted by Gasteiger charge is -2.24. The van der Waals surface area contributed by atoms with Crippen molar-refractivity contribution in [2.45, 2.75) is 17.7 Å². The van der Waals surface area contributed by atoms with Gasteiger partial charge in [-0.05, 0) is 29.6 Å². The number of fused-ring (bicyclic) bond motifs is 1. The molecule has 2 aromatic rings. The molecule has 3 heterocycles. The molecule has 27 heavy (non-hydrogen) atoms. The molecule has 0 N–H and O–H groups in total. The van der Waals surface area contributed by atoms with E-state index in [0.717, 1.165) is 4.88 Å². The second kappa shape index (κ2) is 7.20. The maximum absolute atomic E-state index is 13.6. The van der Waals surface area contributed by atoms with E-state index >= 15 is 0 Å². The van der Waals surface area contributed by atoms with Gasteiger partial charge in [0.1, 0.15) is 5.82 Å². The van der Waals surface area contributed by atoms with E-state index in [-0.39, 0.29) is 40.1 Å². The number of anilines is 1. The van der Waals surface area contributed by atoms with Crippen molar-refractivity contribution in [1.82, 2.24) is 0 Å². The molecule has 0 spiro atoms. The Balaban J connectivity index is 1.68. The van der Waals surface area contributed by atoms with Crippen LogP contribution in [-0.2, 0) is 21.1 Å². The average Bonchev–Trinajstić information content (AvgIpc) is 3.25. The molecule has 0 aliphatic carbocycles. The van der Waals surface area contributed by atoms with Crippen molar-refractivity contribution >= 4 is 61.3 Å². The topological polar surface area (TPSA) is 66.8 Å². The summed E-state index contributed by atoms with van der Waals surface area (Å²) in [6, 6.07) is 7.56. The largest absolute Gasteiger partial charge is 0.316 e. The molecule has 10 heteroatoms. The van der Waals surface area contributed by atoms with Gasteiger partial charge in [0.15, 0.2) is 15.0 Å². The van der Waals surface area contributed by atoms with Gasteiger partial charge >= 0.3 is 0 Å². The molecular formula is C17H14ClFN2O3S3. The molecule has 2 aliphatic heterocycles. The van der Waals surface area contributed by atoms with E-state index in [1.54, 1.807) is 4.90 Å². The number of aliphatic imine (C=N–C) groups is 1. The molecule has 0 radical (unpaired) electrons. The average molecular weight is 445 g/mol. The minimum Gasteiger partial charge on any atom is -0.316 e. The number of amidine groups is 1. The predicted molar refractivity (Wildman–Crippen MR) is 108 cm³/mol. The molecule has 142 valence electrons. The first-order valence-electron chi connectivity index (χ1n) is 8.08. The Hall–Kier alpha value is -1.42. The van der Waals surface area contributed by atoms with Crippen LogP contribution in [0.1, 0.15) is 4.88 Å². The van der Waals surface area contributed by atoms with Crippen LogP contribution in [0.25, 0.3) is 0 Å². The third-order valence-electron chi connectivity index (χ3n) is 4.37. The maximum Gasteiger partial charge on any atom is 0.253 e. The van der Waals surface area contributed by atoms with Crippen LogP contribution in [0, 0.1) is 5.82 Å². The van der Waals surface area contributed by atoms with Gasteiger partial charge in [-0.3, -0.25) is 4.79 Å². The third kappa shape index (κ3) is 3.91. The Bertz CT molecular complexity index is 1020. The van der Waals surface area contributed by atoms with Gasteiger partial charge in [-0.1, -0.05) is 29.4 Å². The number of carbonyl (C=O) groups is 1. The minimum atomic E-state index is -3.17. The van der Waals surface area contributed by atoms with Crippen LogP contribution in [0.15, 0.2) is 40.7 Å². The van der Waals surface area contributed by atoms with Gasteiger partial charge in [-0.25, -0.2) is 12.8 Å². The minimum absolute atomic E-state index is 0.0300. The summed E-state index contributed by atoms with van der Waals surface area (Å²) in [6.45, 7) is 0. The highest BCUT2D eigenvalue weighted by molar-refractivity contribution is 8.16. The van der Waals surface area contributed by atoms with Crippen molar-refractivity contribution in [2.75, 3.05) is 16.4 Å². The molecule has 5 nitrogen and oxygen atoms in total. The maximum atomic E-state index is 13.6. The Morgan fingerprint density at radius 1 is 1.33 bits per heavy atom. The molecular weight excluding hydrogens is 431 g/mol. The van der Waals surface area contributed by atoms with E-state index < -0.39 is 15.7 Å². The van der Waals surface area contributed by atoms with Gasteiger partial charge < -0.3 is 4.90 Å². The molecule has 0 unspecified atom stereocenters. The highest BCUT2D eigenvalue weighted by Crippen LogP contribution is 2.41. The first-order valence-corrected chi connectivity index (χ1v) is 12.0. The zero-order valence-corrected chi connectivity index (χ0v) is 17.0. The Labute approximate surface area is 169 Å². The van der Waals surface area contributed by atoms with E-state index in [1.165, 1.54) is 41.3 Å². The molecule has 0 saturated carbocycles. The fraction of sp³-hybridized carbons (Fsp3) is 0.294. The second-order valence-corrected chi connectivity index (χ2v) is 11.1. The predicted octanol–water partition coefficient (Wildman–Crippen LogP) is 3.38. The van der Waals surface area contributed by atoms with Gasteiger partial charge in [0, 0.05) is 15.8 Å². The van der Waals surface area contributed by atoms with E-state index in [1.807, 2.05) is 17.5 Å². The lowest BCUT2D eigenvalue weighted by molar-refractivity contribution is -0.117. The number of carbonyl (C=O) groups excluding carboxylic acids is 1. The summed E-state index contributed by atoms with van der Waals surface area (Å²) < 4.78 is 37.7. The highest BCUT2D eigenvalue weighted by atomic mass is 35.5. The number of nitrogens with zero attached hydrogens (tertiary/aromatic N) is 2. The van der Waals surface area contributed by atoms with E-state index in [4.69, 9.17) is 11.6 Å². The molecule has 2 fully saturated rings. The zero-order chi connectivity index (χ0) is 19.2. The number of thiophene rings is 1. The summed E-state index contributed by atoms with van der Waals surface area (Å²) in [5.74, 6) is -0.861. The van der Waals surface area contributed by atoms with Crippen molar-refractivity contribution in [3.8, 4) is 0 Å². The zero-order valence-electron chi connectivity index (χ0n) is 13.8. The fourth-order valence-electron chi connectivity index (χ4n) is 3.21. The van der Waals surface area contributed by atoms with Crippen LogP contribution in [0.3, 0.4) is 0 Å². The molecule has 1 amide bonds. The summed E-state index contributed by atoms with van der Waals surface area (Å²) >= 11 is 8.66. The van der Waals surface area contributed by atoms with Gasteiger partial charge in [0.05, 0.1) is 29.0 Å². The normalized spacial score (nSPS) is 25.1. The molecule has 1 aromatic carbocycles. The second-order valence-electron chi connectivity index (χ2n) is 6.31. The summed E-state index contributed by atoms with van der Waals surface area (Å²) in [6.07, 6.45) is 0.188. The molecule has 1 aromatic heterocycles. The first kappa shape index (κ1) is 18.9. The summed E-state index contributed by atoms with van der Waals surface area (Å²) in [7, 11) is -3.17. The summed E-state index contributed by atoms with van der Waals surface area (Å²) in [5.41, 5.74) is 0.529. The number of thioether (sulfide) groups is 1. The van der Waals surface area contributed by atoms with Crippen molar-refractivity contribution in [3.63, 3.8) is 0 Å². The molecule has 2 saturated heterocycles. The van der Waals surface area contributed by atoms with E-state index in [2.05, 4.69) is 4.99 Å². The number of halogens is 2. The van der Waals surface area contributed by atoms with E-state index in [0.29, 0.717) is 10.9 Å². The summed E-state index contributed by atoms with van der Waals surface area (Å²) in [4.78, 5) is 19.2. The van der Waals surface area contributed by atoms with Crippen LogP contribution in [0.2, 0.25) is 5.02 Å². The SMILES string of the molecule is O=C(Cc1cccs1)N=C1S[C@H]2CS(=O)(=O)C[C@@H]2N1c1ccc(F)c(Cl)c1. The van der Waals surface area contributed by atoms with Crippen LogP contribution < -0.4 is 4.90 Å². The lowest BCUT2D eigenvalue weighted by atomic mass is 10.2. The van der Waals surface area contributed by atoms with Crippen LogP contribution in [0.4, 0.5) is 10.1 Å². The monoisotopic (exact) mass is 444 g/mol. The third-order valence-corrected chi connectivity index (χ3v) is 8.75. The number of hydrogen-bond acceptors (Lipinski definition) is 5. The van der Waals surface area contributed by atoms with Crippen molar-refractivity contribution in [3.05, 3.63) is 51.4 Å². The fourth-order valence-corrected chi connectivity index (χ4v) is 8.01. The number of benzene rings is 1. The van der Waals surface area contributed by atoms with E-state index in [9.17, 15) is 17.6 Å². The van der Waals surface area contributed by atoms with Gasteiger partial charge in [-0.15, -0.1) is 11.3 Å². The first-order chi connectivity index (χ1) is 12.8.